The lowest BCUT2D eigenvalue weighted by Crippen LogP contribution is -2.39. The fourth-order valence-electron chi connectivity index (χ4n) is 2.73. The van der Waals surface area contributed by atoms with Crippen LogP contribution in [0.2, 0.25) is 10.0 Å². The first-order valence-electron chi connectivity index (χ1n) is 8.20. The number of sulfonamides is 1. The van der Waals surface area contributed by atoms with Crippen molar-refractivity contribution < 1.29 is 13.5 Å². The molecule has 26 heavy (non-hydrogen) atoms. The summed E-state index contributed by atoms with van der Waals surface area (Å²) in [7, 11) is -3.89. The number of nitrogens with two attached hydrogens (primary N) is 1. The maximum absolute atomic E-state index is 13.4. The Balaban J connectivity index is 2.61. The molecule has 0 aromatic heterocycles. The molecule has 0 bridgehead atoms. The quantitative estimate of drug-likeness (QED) is 0.684. The molecule has 5 nitrogen and oxygen atoms in total. The highest BCUT2D eigenvalue weighted by atomic mass is 35.5. The van der Waals surface area contributed by atoms with Crippen LogP contribution in [0.1, 0.15) is 25.3 Å². The summed E-state index contributed by atoms with van der Waals surface area (Å²) >= 11 is 12.0. The molecular formula is C18H22Cl2N2O3S. The van der Waals surface area contributed by atoms with E-state index in [0.29, 0.717) is 40.7 Å². The molecule has 3 N–H and O–H groups in total. The molecule has 0 radical (unpaired) electrons. The van der Waals surface area contributed by atoms with E-state index in [1.165, 1.54) is 28.6 Å². The second-order valence-electron chi connectivity index (χ2n) is 5.97. The molecule has 0 saturated heterocycles. The first kappa shape index (κ1) is 21.0. The summed E-state index contributed by atoms with van der Waals surface area (Å²) in [6.07, 6.45) is 1.24. The van der Waals surface area contributed by atoms with E-state index >= 15 is 0 Å². The number of aliphatic hydroxyl groups excluding tert-OH is 1. The zero-order valence-electron chi connectivity index (χ0n) is 14.4. The van der Waals surface area contributed by atoms with Crippen LogP contribution in [0.15, 0.2) is 47.4 Å². The van der Waals surface area contributed by atoms with Gasteiger partial charge in [0.05, 0.1) is 17.2 Å². The van der Waals surface area contributed by atoms with Crippen LogP contribution in [-0.2, 0) is 16.6 Å². The lowest BCUT2D eigenvalue weighted by Gasteiger charge is -2.32. The van der Waals surface area contributed by atoms with Gasteiger partial charge in [-0.05, 0) is 62.7 Å². The predicted molar refractivity (Wildman–Crippen MR) is 106 cm³/mol. The molecule has 0 aliphatic rings. The zero-order chi connectivity index (χ0) is 19.3. The molecule has 0 aliphatic heterocycles. The molecule has 0 fully saturated rings. The average molecular weight is 417 g/mol. The first-order chi connectivity index (χ1) is 12.3. The third-order valence-electron chi connectivity index (χ3n) is 4.05. The first-order valence-corrected chi connectivity index (χ1v) is 10.4. The molecule has 2 aromatic rings. The molecule has 0 heterocycles. The van der Waals surface area contributed by atoms with E-state index in [0.717, 1.165) is 0 Å². The van der Waals surface area contributed by atoms with Crippen molar-refractivity contribution in [2.45, 2.75) is 37.3 Å². The number of halogens is 2. The van der Waals surface area contributed by atoms with Gasteiger partial charge in [-0.25, -0.2) is 8.42 Å². The second kappa shape index (κ2) is 9.06. The second-order valence-corrected chi connectivity index (χ2v) is 8.65. The van der Waals surface area contributed by atoms with Gasteiger partial charge in [0.15, 0.2) is 0 Å². The van der Waals surface area contributed by atoms with Crippen molar-refractivity contribution in [1.82, 2.24) is 0 Å². The Morgan fingerprint density at radius 1 is 1.12 bits per heavy atom. The van der Waals surface area contributed by atoms with Crippen molar-refractivity contribution in [1.29, 1.82) is 0 Å². The van der Waals surface area contributed by atoms with Crippen LogP contribution in [0.4, 0.5) is 5.69 Å². The molecule has 2 aromatic carbocycles. The number of hydrogen-bond acceptors (Lipinski definition) is 4. The van der Waals surface area contributed by atoms with Crippen LogP contribution in [-0.4, -0.2) is 26.1 Å². The average Bonchev–Trinajstić information content (AvgIpc) is 2.60. The van der Waals surface area contributed by atoms with Crippen LogP contribution < -0.4 is 10.0 Å². The maximum Gasteiger partial charge on any atom is 0.264 e. The highest BCUT2D eigenvalue weighted by molar-refractivity contribution is 7.92. The summed E-state index contributed by atoms with van der Waals surface area (Å²) in [5, 5.41) is 10.5. The molecule has 0 unspecified atom stereocenters. The van der Waals surface area contributed by atoms with Gasteiger partial charge in [-0.2, -0.15) is 0 Å². The molecule has 0 amide bonds. The van der Waals surface area contributed by atoms with Gasteiger partial charge in [-0.3, -0.25) is 4.31 Å². The highest BCUT2D eigenvalue weighted by Crippen LogP contribution is 2.33. The number of hydrogen-bond donors (Lipinski definition) is 2. The zero-order valence-corrected chi connectivity index (χ0v) is 16.7. The third kappa shape index (κ3) is 4.69. The predicted octanol–water partition coefficient (Wildman–Crippen LogP) is 3.81. The topological polar surface area (TPSA) is 83.6 Å². The van der Waals surface area contributed by atoms with Crippen molar-refractivity contribution >= 4 is 38.9 Å². The Morgan fingerprint density at radius 2 is 1.73 bits per heavy atom. The van der Waals surface area contributed by atoms with E-state index in [1.54, 1.807) is 18.2 Å². The Labute approximate surface area is 164 Å². The Kier molecular flexibility index (Phi) is 7.32. The van der Waals surface area contributed by atoms with Crippen LogP contribution >= 0.6 is 23.2 Å². The van der Waals surface area contributed by atoms with Gasteiger partial charge in [0.1, 0.15) is 0 Å². The minimum atomic E-state index is -3.89. The molecular weight excluding hydrogens is 395 g/mol. The van der Waals surface area contributed by atoms with Crippen LogP contribution in [0.25, 0.3) is 0 Å². The van der Waals surface area contributed by atoms with Gasteiger partial charge in [-0.15, -0.1) is 0 Å². The van der Waals surface area contributed by atoms with Crippen molar-refractivity contribution in [3.05, 3.63) is 58.1 Å². The van der Waals surface area contributed by atoms with E-state index in [2.05, 4.69) is 0 Å². The SMILES string of the molecule is C[C@H](CCCN)N(c1cc(Cl)ccc1CO)S(=O)(=O)c1ccc(Cl)cc1. The van der Waals surface area contributed by atoms with Crippen LogP contribution in [0, 0.1) is 0 Å². The molecule has 8 heteroatoms. The Morgan fingerprint density at radius 3 is 2.31 bits per heavy atom. The number of benzene rings is 2. The largest absolute Gasteiger partial charge is 0.392 e. The third-order valence-corrected chi connectivity index (χ3v) is 6.48. The normalized spacial score (nSPS) is 12.8. The fraction of sp³-hybridized carbons (Fsp3) is 0.333. The van der Waals surface area contributed by atoms with Crippen molar-refractivity contribution in [3.63, 3.8) is 0 Å². The van der Waals surface area contributed by atoms with E-state index < -0.39 is 10.0 Å². The van der Waals surface area contributed by atoms with Crippen molar-refractivity contribution in [3.8, 4) is 0 Å². The fourth-order valence-corrected chi connectivity index (χ4v) is 4.74. The Bertz CT molecular complexity index is 842. The number of aliphatic hydroxyl groups is 1. The summed E-state index contributed by atoms with van der Waals surface area (Å²) in [6.45, 7) is 1.97. The van der Waals surface area contributed by atoms with Gasteiger partial charge in [0.2, 0.25) is 0 Å². The maximum atomic E-state index is 13.4. The lowest BCUT2D eigenvalue weighted by molar-refractivity contribution is 0.282. The number of nitrogens with zero attached hydrogens (tertiary/aromatic N) is 1. The molecule has 0 aliphatic carbocycles. The van der Waals surface area contributed by atoms with Crippen LogP contribution in [0.3, 0.4) is 0 Å². The Hall–Kier alpha value is -1.31. The monoisotopic (exact) mass is 416 g/mol. The van der Waals surface area contributed by atoms with Gasteiger partial charge in [0, 0.05) is 21.7 Å². The van der Waals surface area contributed by atoms with Crippen molar-refractivity contribution in [2.75, 3.05) is 10.8 Å². The summed E-state index contributed by atoms with van der Waals surface area (Å²) in [4.78, 5) is 0.116. The molecule has 1 atom stereocenters. The van der Waals surface area contributed by atoms with E-state index in [9.17, 15) is 13.5 Å². The number of rotatable bonds is 8. The van der Waals surface area contributed by atoms with Gasteiger partial charge >= 0.3 is 0 Å². The van der Waals surface area contributed by atoms with Gasteiger partial charge < -0.3 is 10.8 Å². The van der Waals surface area contributed by atoms with E-state index in [1.807, 2.05) is 6.92 Å². The minimum Gasteiger partial charge on any atom is -0.392 e. The molecule has 142 valence electrons. The summed E-state index contributed by atoms with van der Waals surface area (Å²) in [6, 6.07) is 10.4. The summed E-state index contributed by atoms with van der Waals surface area (Å²) < 4.78 is 28.0. The van der Waals surface area contributed by atoms with Gasteiger partial charge in [-0.1, -0.05) is 29.3 Å². The molecule has 0 saturated carbocycles. The van der Waals surface area contributed by atoms with E-state index in [4.69, 9.17) is 28.9 Å². The molecule has 0 spiro atoms. The number of anilines is 1. The standard InChI is InChI=1S/C18H22Cl2N2O3S/c1-13(3-2-10-21)22(18-11-16(20)5-4-14(18)12-23)26(24,25)17-8-6-15(19)7-9-17/h4-9,11,13,23H,2-3,10,12,21H2,1H3/t13-/m1/s1. The summed E-state index contributed by atoms with van der Waals surface area (Å²) in [5.41, 5.74) is 6.43. The van der Waals surface area contributed by atoms with Crippen LogP contribution in [0.5, 0.6) is 0 Å². The lowest BCUT2D eigenvalue weighted by atomic mass is 10.1. The minimum absolute atomic E-state index is 0.116. The molecule has 2 rings (SSSR count). The summed E-state index contributed by atoms with van der Waals surface area (Å²) in [5.74, 6) is 0. The highest BCUT2D eigenvalue weighted by Gasteiger charge is 2.31. The van der Waals surface area contributed by atoms with Gasteiger partial charge in [0.25, 0.3) is 10.0 Å². The van der Waals surface area contributed by atoms with Crippen molar-refractivity contribution in [2.24, 2.45) is 5.73 Å². The van der Waals surface area contributed by atoms with E-state index in [-0.39, 0.29) is 17.5 Å². The smallest absolute Gasteiger partial charge is 0.264 e.